The molecule has 1 aromatic heterocycles. The van der Waals surface area contributed by atoms with Gasteiger partial charge in [0.1, 0.15) is 5.75 Å². The number of methoxy groups -OCH3 is 1. The first-order valence-corrected chi connectivity index (χ1v) is 5.63. The molecule has 1 aromatic carbocycles. The highest BCUT2D eigenvalue weighted by molar-refractivity contribution is 6.34. The van der Waals surface area contributed by atoms with Crippen molar-refractivity contribution in [1.82, 2.24) is 4.98 Å². The molecular formula is C14H12N2O2. The lowest BCUT2D eigenvalue weighted by Crippen LogP contribution is -2.03. The minimum atomic E-state index is -0.0900. The maximum Gasteiger partial charge on any atom is 0.256 e. The van der Waals surface area contributed by atoms with E-state index < -0.39 is 0 Å². The molecule has 90 valence electrons. The van der Waals surface area contributed by atoms with Gasteiger partial charge in [0.15, 0.2) is 0 Å². The van der Waals surface area contributed by atoms with Crippen LogP contribution in [0.5, 0.6) is 5.75 Å². The van der Waals surface area contributed by atoms with Crippen molar-refractivity contribution >= 4 is 23.2 Å². The van der Waals surface area contributed by atoms with Crippen LogP contribution in [0.2, 0.25) is 0 Å². The molecule has 0 saturated carbocycles. The number of nitrogens with one attached hydrogen (secondary N) is 2. The van der Waals surface area contributed by atoms with Gasteiger partial charge >= 0.3 is 0 Å². The van der Waals surface area contributed by atoms with E-state index in [1.807, 2.05) is 42.6 Å². The van der Waals surface area contributed by atoms with Gasteiger partial charge in [-0.15, -0.1) is 0 Å². The second-order valence-electron chi connectivity index (χ2n) is 4.05. The summed E-state index contributed by atoms with van der Waals surface area (Å²) >= 11 is 0. The van der Waals surface area contributed by atoms with Crippen molar-refractivity contribution in [3.63, 3.8) is 0 Å². The normalized spacial score (nSPS) is 15.6. The molecule has 1 amide bonds. The molecule has 0 aliphatic carbocycles. The Kier molecular flexibility index (Phi) is 2.41. The Bertz CT molecular complexity index is 627. The van der Waals surface area contributed by atoms with E-state index in [9.17, 15) is 4.79 Å². The van der Waals surface area contributed by atoms with E-state index in [2.05, 4.69) is 10.3 Å². The number of aromatic nitrogens is 1. The predicted molar refractivity (Wildman–Crippen MR) is 70.3 cm³/mol. The first kappa shape index (κ1) is 10.7. The molecule has 4 heteroatoms. The van der Waals surface area contributed by atoms with Gasteiger partial charge < -0.3 is 15.0 Å². The minimum Gasteiger partial charge on any atom is -0.497 e. The molecule has 3 rings (SSSR count). The van der Waals surface area contributed by atoms with Crippen LogP contribution in [0.25, 0.3) is 11.6 Å². The summed E-state index contributed by atoms with van der Waals surface area (Å²) in [6.45, 7) is 0. The smallest absolute Gasteiger partial charge is 0.256 e. The molecule has 0 fully saturated rings. The van der Waals surface area contributed by atoms with Crippen LogP contribution in [0, 0.1) is 0 Å². The SMILES string of the molecule is COc1ccc2c(c1)NC(=O)/C2=C\c1ccc[nH]1. The Morgan fingerprint density at radius 1 is 1.28 bits per heavy atom. The average molecular weight is 240 g/mol. The number of benzene rings is 1. The van der Waals surface area contributed by atoms with Gasteiger partial charge in [0.05, 0.1) is 18.4 Å². The third kappa shape index (κ3) is 1.68. The Balaban J connectivity index is 2.07. The lowest BCUT2D eigenvalue weighted by atomic mass is 10.1. The highest BCUT2D eigenvalue weighted by atomic mass is 16.5. The molecule has 0 spiro atoms. The van der Waals surface area contributed by atoms with Crippen LogP contribution < -0.4 is 10.1 Å². The van der Waals surface area contributed by atoms with E-state index in [1.54, 1.807) is 7.11 Å². The first-order valence-electron chi connectivity index (χ1n) is 5.63. The molecule has 0 saturated heterocycles. The van der Waals surface area contributed by atoms with Crippen molar-refractivity contribution in [1.29, 1.82) is 0 Å². The van der Waals surface area contributed by atoms with Crippen LogP contribution >= 0.6 is 0 Å². The Hall–Kier alpha value is -2.49. The van der Waals surface area contributed by atoms with Crippen LogP contribution in [0.3, 0.4) is 0 Å². The summed E-state index contributed by atoms with van der Waals surface area (Å²) in [5, 5.41) is 2.83. The summed E-state index contributed by atoms with van der Waals surface area (Å²) in [5.41, 5.74) is 3.26. The van der Waals surface area contributed by atoms with Crippen molar-refractivity contribution in [2.45, 2.75) is 0 Å². The molecule has 0 atom stereocenters. The van der Waals surface area contributed by atoms with Crippen LogP contribution in [0.1, 0.15) is 11.3 Å². The number of rotatable bonds is 2. The van der Waals surface area contributed by atoms with Crippen molar-refractivity contribution in [3.05, 3.63) is 47.8 Å². The van der Waals surface area contributed by atoms with Gasteiger partial charge in [0.25, 0.3) is 5.91 Å². The number of anilines is 1. The molecule has 2 aromatic rings. The minimum absolute atomic E-state index is 0.0900. The van der Waals surface area contributed by atoms with Crippen LogP contribution in [-0.4, -0.2) is 18.0 Å². The Morgan fingerprint density at radius 2 is 2.17 bits per heavy atom. The molecule has 0 radical (unpaired) electrons. The standard InChI is InChI=1S/C14H12N2O2/c1-18-10-4-5-11-12(7-9-3-2-6-15-9)14(17)16-13(11)8-10/h2-8,15H,1H3,(H,16,17)/b12-7-. The van der Waals surface area contributed by atoms with Crippen LogP contribution in [-0.2, 0) is 4.79 Å². The molecule has 0 bridgehead atoms. The zero-order valence-electron chi connectivity index (χ0n) is 9.86. The highest BCUT2D eigenvalue weighted by Gasteiger charge is 2.24. The van der Waals surface area contributed by atoms with Crippen molar-refractivity contribution < 1.29 is 9.53 Å². The summed E-state index contributed by atoms with van der Waals surface area (Å²) in [4.78, 5) is 15.0. The number of carbonyl (C=O) groups excluding carboxylic acids is 1. The quantitative estimate of drug-likeness (QED) is 0.792. The van der Waals surface area contributed by atoms with Gasteiger partial charge in [-0.25, -0.2) is 0 Å². The molecule has 1 aliphatic heterocycles. The largest absolute Gasteiger partial charge is 0.497 e. The summed E-state index contributed by atoms with van der Waals surface area (Å²) in [6, 6.07) is 9.38. The van der Waals surface area contributed by atoms with E-state index >= 15 is 0 Å². The topological polar surface area (TPSA) is 54.1 Å². The zero-order chi connectivity index (χ0) is 12.5. The van der Waals surface area contributed by atoms with Crippen molar-refractivity contribution in [3.8, 4) is 5.75 Å². The fourth-order valence-electron chi connectivity index (χ4n) is 2.03. The van der Waals surface area contributed by atoms with Crippen LogP contribution in [0.4, 0.5) is 5.69 Å². The summed E-state index contributed by atoms with van der Waals surface area (Å²) in [7, 11) is 1.61. The van der Waals surface area contributed by atoms with E-state index in [4.69, 9.17) is 4.74 Å². The molecule has 18 heavy (non-hydrogen) atoms. The Labute approximate surface area is 104 Å². The van der Waals surface area contributed by atoms with E-state index in [0.29, 0.717) is 5.57 Å². The molecule has 0 unspecified atom stereocenters. The number of H-pyrrole nitrogens is 1. The van der Waals surface area contributed by atoms with Gasteiger partial charge in [-0.05, 0) is 30.3 Å². The monoisotopic (exact) mass is 240 g/mol. The van der Waals surface area contributed by atoms with Gasteiger partial charge in [-0.3, -0.25) is 4.79 Å². The maximum absolute atomic E-state index is 11.9. The highest BCUT2D eigenvalue weighted by Crippen LogP contribution is 2.35. The fraction of sp³-hybridized carbons (Fsp3) is 0.0714. The lowest BCUT2D eigenvalue weighted by molar-refractivity contribution is -0.110. The second-order valence-corrected chi connectivity index (χ2v) is 4.05. The van der Waals surface area contributed by atoms with Gasteiger partial charge in [-0.1, -0.05) is 0 Å². The Morgan fingerprint density at radius 3 is 2.89 bits per heavy atom. The zero-order valence-corrected chi connectivity index (χ0v) is 9.86. The molecule has 4 nitrogen and oxygen atoms in total. The molecule has 1 aliphatic rings. The van der Waals surface area contributed by atoms with E-state index in [1.165, 1.54) is 0 Å². The third-order valence-electron chi connectivity index (χ3n) is 2.93. The van der Waals surface area contributed by atoms with E-state index in [0.717, 1.165) is 22.7 Å². The van der Waals surface area contributed by atoms with Gasteiger partial charge in [0, 0.05) is 23.5 Å². The van der Waals surface area contributed by atoms with Gasteiger partial charge in [-0.2, -0.15) is 0 Å². The first-order chi connectivity index (χ1) is 8.78. The van der Waals surface area contributed by atoms with E-state index in [-0.39, 0.29) is 5.91 Å². The fourth-order valence-corrected chi connectivity index (χ4v) is 2.03. The predicted octanol–water partition coefficient (Wildman–Crippen LogP) is 2.52. The average Bonchev–Trinajstić information content (AvgIpc) is 2.98. The summed E-state index contributed by atoms with van der Waals surface area (Å²) in [5.74, 6) is 0.642. The second kappa shape index (κ2) is 4.07. The number of hydrogen-bond acceptors (Lipinski definition) is 2. The third-order valence-corrected chi connectivity index (χ3v) is 2.93. The number of hydrogen-bond donors (Lipinski definition) is 2. The number of ether oxygens (including phenoxy) is 1. The number of aromatic amines is 1. The maximum atomic E-state index is 11.9. The van der Waals surface area contributed by atoms with Crippen molar-refractivity contribution in [2.75, 3.05) is 12.4 Å². The van der Waals surface area contributed by atoms with Crippen molar-refractivity contribution in [2.24, 2.45) is 0 Å². The summed E-state index contributed by atoms with van der Waals surface area (Å²) < 4.78 is 5.14. The van der Waals surface area contributed by atoms with Gasteiger partial charge in [0.2, 0.25) is 0 Å². The molecule has 2 heterocycles. The number of carbonyl (C=O) groups is 1. The molecular weight excluding hydrogens is 228 g/mol. The van der Waals surface area contributed by atoms with Crippen LogP contribution in [0.15, 0.2) is 36.5 Å². The summed E-state index contributed by atoms with van der Waals surface area (Å²) in [6.07, 6.45) is 3.67. The number of fused-ring (bicyclic) bond motifs is 1. The number of amides is 1. The lowest BCUT2D eigenvalue weighted by Gasteiger charge is -2.02. The molecule has 2 N–H and O–H groups in total.